The molecule has 0 N–H and O–H groups in total. The summed E-state index contributed by atoms with van der Waals surface area (Å²) in [5.41, 5.74) is 0. The van der Waals surface area contributed by atoms with Gasteiger partial charge in [0, 0.05) is 5.92 Å². The van der Waals surface area contributed by atoms with E-state index in [0.29, 0.717) is 0 Å². The lowest BCUT2D eigenvalue weighted by Crippen LogP contribution is -2.05. The maximum absolute atomic E-state index is 10.3. The zero-order valence-corrected chi connectivity index (χ0v) is 7.26. The molecule has 0 aromatic heterocycles. The maximum Gasteiger partial charge on any atom is 0.122 e. The molecule has 0 heterocycles. The van der Waals surface area contributed by atoms with Gasteiger partial charge in [-0.2, -0.15) is 0 Å². The predicted octanol–water partition coefficient (Wildman–Crippen LogP) is 2.65. The molecule has 0 amide bonds. The van der Waals surface area contributed by atoms with Crippen LogP contribution in [0.15, 0.2) is 0 Å². The lowest BCUT2D eigenvalue weighted by molar-refractivity contribution is -0.111. The molecule has 0 fully saturated rings. The van der Waals surface area contributed by atoms with E-state index in [1.54, 1.807) is 0 Å². The highest BCUT2D eigenvalue weighted by molar-refractivity contribution is 5.52. The molecule has 0 saturated heterocycles. The van der Waals surface area contributed by atoms with E-state index in [-0.39, 0.29) is 5.92 Å². The molecule has 0 rings (SSSR count). The number of hydrogen-bond donors (Lipinski definition) is 0. The van der Waals surface area contributed by atoms with Crippen molar-refractivity contribution in [1.82, 2.24) is 0 Å². The van der Waals surface area contributed by atoms with Crippen molar-refractivity contribution < 1.29 is 4.79 Å². The van der Waals surface area contributed by atoms with Crippen molar-refractivity contribution in [2.45, 2.75) is 40.0 Å². The first-order valence-corrected chi connectivity index (χ1v) is 4.19. The van der Waals surface area contributed by atoms with Crippen LogP contribution in [0.5, 0.6) is 0 Å². The largest absolute Gasteiger partial charge is 0.303 e. The molecule has 1 atom stereocenters. The lowest BCUT2D eigenvalue weighted by atomic mass is 9.92. The average molecular weight is 142 g/mol. The van der Waals surface area contributed by atoms with Crippen LogP contribution in [0.4, 0.5) is 0 Å². The molecule has 0 radical (unpaired) electrons. The van der Waals surface area contributed by atoms with Crippen LogP contribution in [0.25, 0.3) is 0 Å². The Kier molecular flexibility index (Phi) is 5.27. The molecule has 0 aromatic rings. The first-order chi connectivity index (χ1) is 4.74. The van der Waals surface area contributed by atoms with Crippen LogP contribution in [0.3, 0.4) is 0 Å². The van der Waals surface area contributed by atoms with Gasteiger partial charge < -0.3 is 4.79 Å². The molecular weight excluding hydrogens is 124 g/mol. The van der Waals surface area contributed by atoms with E-state index in [1.807, 2.05) is 6.92 Å². The van der Waals surface area contributed by atoms with Crippen molar-refractivity contribution in [1.29, 1.82) is 0 Å². The minimum absolute atomic E-state index is 0.255. The van der Waals surface area contributed by atoms with Crippen molar-refractivity contribution in [3.8, 4) is 0 Å². The van der Waals surface area contributed by atoms with Gasteiger partial charge in [-0.3, -0.25) is 0 Å². The SMILES string of the molecule is CCC(CC)CC(C)C=O. The zero-order chi connectivity index (χ0) is 7.98. The molecule has 1 nitrogen and oxygen atoms in total. The Morgan fingerprint density at radius 3 is 2.10 bits per heavy atom. The molecule has 0 aliphatic rings. The normalized spacial score (nSPS) is 13.6. The molecule has 0 saturated carbocycles. The van der Waals surface area contributed by atoms with Crippen molar-refractivity contribution >= 4 is 6.29 Å². The summed E-state index contributed by atoms with van der Waals surface area (Å²) in [5, 5.41) is 0. The van der Waals surface area contributed by atoms with E-state index in [0.717, 1.165) is 18.6 Å². The Labute approximate surface area is 63.8 Å². The summed E-state index contributed by atoms with van der Waals surface area (Å²) in [5.74, 6) is 1.00. The van der Waals surface area contributed by atoms with Gasteiger partial charge in [0.1, 0.15) is 6.29 Å². The summed E-state index contributed by atoms with van der Waals surface area (Å²) in [6.07, 6.45) is 4.53. The van der Waals surface area contributed by atoms with Crippen molar-refractivity contribution in [3.63, 3.8) is 0 Å². The fraction of sp³-hybridized carbons (Fsp3) is 0.889. The van der Waals surface area contributed by atoms with Crippen molar-refractivity contribution in [2.75, 3.05) is 0 Å². The number of carbonyl (C=O) groups is 1. The number of hydrogen-bond acceptors (Lipinski definition) is 1. The number of rotatable bonds is 5. The van der Waals surface area contributed by atoms with Crippen LogP contribution in [0.2, 0.25) is 0 Å². The van der Waals surface area contributed by atoms with E-state index >= 15 is 0 Å². The van der Waals surface area contributed by atoms with Crippen molar-refractivity contribution in [2.24, 2.45) is 11.8 Å². The first kappa shape index (κ1) is 9.67. The monoisotopic (exact) mass is 142 g/mol. The molecular formula is C9H18O. The summed E-state index contributed by atoms with van der Waals surface area (Å²) < 4.78 is 0. The summed E-state index contributed by atoms with van der Waals surface area (Å²) in [6, 6.07) is 0. The van der Waals surface area contributed by atoms with Crippen LogP contribution >= 0.6 is 0 Å². The molecule has 1 heteroatoms. The summed E-state index contributed by atoms with van der Waals surface area (Å²) in [7, 11) is 0. The Morgan fingerprint density at radius 2 is 1.80 bits per heavy atom. The van der Waals surface area contributed by atoms with Crippen LogP contribution in [-0.2, 0) is 4.79 Å². The third-order valence-electron chi connectivity index (χ3n) is 2.09. The molecule has 0 bridgehead atoms. The second-order valence-electron chi connectivity index (χ2n) is 3.03. The van der Waals surface area contributed by atoms with E-state index in [4.69, 9.17) is 0 Å². The van der Waals surface area contributed by atoms with Crippen LogP contribution < -0.4 is 0 Å². The summed E-state index contributed by atoms with van der Waals surface area (Å²) in [6.45, 7) is 6.36. The van der Waals surface area contributed by atoms with Crippen LogP contribution in [0.1, 0.15) is 40.0 Å². The van der Waals surface area contributed by atoms with Gasteiger partial charge in [-0.25, -0.2) is 0 Å². The Balaban J connectivity index is 3.51. The smallest absolute Gasteiger partial charge is 0.122 e. The second-order valence-corrected chi connectivity index (χ2v) is 3.03. The average Bonchev–Trinajstić information content (AvgIpc) is 1.99. The number of aldehydes is 1. The minimum atomic E-state index is 0.255. The number of carbonyl (C=O) groups excluding carboxylic acids is 1. The standard InChI is InChI=1S/C9H18O/c1-4-9(5-2)6-8(3)7-10/h7-9H,4-6H2,1-3H3. The van der Waals surface area contributed by atoms with E-state index in [2.05, 4.69) is 13.8 Å². The third-order valence-corrected chi connectivity index (χ3v) is 2.09. The highest BCUT2D eigenvalue weighted by Crippen LogP contribution is 2.16. The predicted molar refractivity (Wildman–Crippen MR) is 43.9 cm³/mol. The van der Waals surface area contributed by atoms with Gasteiger partial charge in [-0.1, -0.05) is 33.6 Å². The Morgan fingerprint density at radius 1 is 1.30 bits per heavy atom. The van der Waals surface area contributed by atoms with E-state index in [9.17, 15) is 4.79 Å². The summed E-state index contributed by atoms with van der Waals surface area (Å²) >= 11 is 0. The second kappa shape index (κ2) is 5.45. The minimum Gasteiger partial charge on any atom is -0.303 e. The fourth-order valence-corrected chi connectivity index (χ4v) is 1.20. The molecule has 0 aliphatic heterocycles. The molecule has 0 aromatic carbocycles. The topological polar surface area (TPSA) is 17.1 Å². The summed E-state index contributed by atoms with van der Waals surface area (Å²) in [4.78, 5) is 10.3. The molecule has 10 heavy (non-hydrogen) atoms. The highest BCUT2D eigenvalue weighted by Gasteiger charge is 2.07. The lowest BCUT2D eigenvalue weighted by Gasteiger charge is -2.12. The quantitative estimate of drug-likeness (QED) is 0.539. The van der Waals surface area contributed by atoms with E-state index < -0.39 is 0 Å². The fourth-order valence-electron chi connectivity index (χ4n) is 1.20. The van der Waals surface area contributed by atoms with Gasteiger partial charge in [0.2, 0.25) is 0 Å². The van der Waals surface area contributed by atoms with E-state index in [1.165, 1.54) is 12.8 Å². The maximum atomic E-state index is 10.3. The van der Waals surface area contributed by atoms with Gasteiger partial charge in [0.05, 0.1) is 0 Å². The van der Waals surface area contributed by atoms with Crippen LogP contribution in [-0.4, -0.2) is 6.29 Å². The molecule has 0 aliphatic carbocycles. The van der Waals surface area contributed by atoms with Gasteiger partial charge in [0.15, 0.2) is 0 Å². The van der Waals surface area contributed by atoms with Gasteiger partial charge in [-0.15, -0.1) is 0 Å². The molecule has 1 unspecified atom stereocenters. The molecule has 60 valence electrons. The zero-order valence-electron chi connectivity index (χ0n) is 7.26. The molecule has 0 spiro atoms. The van der Waals surface area contributed by atoms with Gasteiger partial charge in [-0.05, 0) is 12.3 Å². The Bertz CT molecular complexity index is 84.7. The van der Waals surface area contributed by atoms with Gasteiger partial charge >= 0.3 is 0 Å². The van der Waals surface area contributed by atoms with Crippen LogP contribution in [0, 0.1) is 11.8 Å². The first-order valence-electron chi connectivity index (χ1n) is 4.19. The van der Waals surface area contributed by atoms with Crippen molar-refractivity contribution in [3.05, 3.63) is 0 Å². The van der Waals surface area contributed by atoms with Gasteiger partial charge in [0.25, 0.3) is 0 Å². The Hall–Kier alpha value is -0.330. The highest BCUT2D eigenvalue weighted by atomic mass is 16.1. The third kappa shape index (κ3) is 3.65.